The predicted octanol–water partition coefficient (Wildman–Crippen LogP) is 2.12. The highest BCUT2D eigenvalue weighted by Gasteiger charge is 2.29. The van der Waals surface area contributed by atoms with Crippen LogP contribution < -0.4 is 20.1 Å². The molecule has 2 unspecified atom stereocenters. The third kappa shape index (κ3) is 4.79. The summed E-state index contributed by atoms with van der Waals surface area (Å²) in [4.78, 5) is 35.0. The van der Waals surface area contributed by atoms with Crippen LogP contribution >= 0.6 is 0 Å². The van der Waals surface area contributed by atoms with E-state index in [4.69, 9.17) is 14.6 Å². The predicted molar refractivity (Wildman–Crippen MR) is 100 cm³/mol. The van der Waals surface area contributed by atoms with Gasteiger partial charge < -0.3 is 25.2 Å². The average molecular weight is 384 g/mol. The molecule has 3 rings (SSSR count). The van der Waals surface area contributed by atoms with Crippen LogP contribution in [0.2, 0.25) is 0 Å². The van der Waals surface area contributed by atoms with Gasteiger partial charge in [-0.2, -0.15) is 0 Å². The van der Waals surface area contributed by atoms with Gasteiger partial charge in [-0.05, 0) is 36.8 Å². The van der Waals surface area contributed by atoms with Crippen LogP contribution in [0.15, 0.2) is 48.5 Å². The van der Waals surface area contributed by atoms with Gasteiger partial charge in [0.15, 0.2) is 12.7 Å². The van der Waals surface area contributed by atoms with E-state index in [1.807, 2.05) is 6.92 Å². The van der Waals surface area contributed by atoms with Crippen molar-refractivity contribution in [2.75, 3.05) is 11.9 Å². The molecule has 1 aliphatic rings. The molecule has 0 spiro atoms. The fourth-order valence-electron chi connectivity index (χ4n) is 2.78. The number of fused-ring (bicyclic) bond motifs is 1. The summed E-state index contributed by atoms with van der Waals surface area (Å²) in [6, 6.07) is 13.5. The maximum Gasteiger partial charge on any atom is 0.341 e. The van der Waals surface area contributed by atoms with Crippen LogP contribution in [0, 0.1) is 0 Å². The third-order valence-electron chi connectivity index (χ3n) is 4.20. The minimum atomic E-state index is -1.05. The molecule has 3 N–H and O–H groups in total. The number of anilines is 1. The molecule has 2 amide bonds. The third-order valence-corrected chi connectivity index (χ3v) is 4.20. The molecule has 8 heteroatoms. The average Bonchev–Trinajstić information content (AvgIpc) is 2.67. The second-order valence-electron chi connectivity index (χ2n) is 6.34. The molecule has 1 aliphatic heterocycles. The molecule has 1 heterocycles. The van der Waals surface area contributed by atoms with Crippen molar-refractivity contribution in [1.82, 2.24) is 5.32 Å². The summed E-state index contributed by atoms with van der Waals surface area (Å²) in [6.45, 7) is 1.39. The number of benzene rings is 2. The zero-order valence-electron chi connectivity index (χ0n) is 15.2. The van der Waals surface area contributed by atoms with E-state index in [0.717, 1.165) is 5.56 Å². The Morgan fingerprint density at radius 3 is 2.64 bits per heavy atom. The number of hydrogen-bond donors (Lipinski definition) is 3. The summed E-state index contributed by atoms with van der Waals surface area (Å²) >= 11 is 0. The number of hydrogen-bond acceptors (Lipinski definition) is 5. The molecule has 2 aromatic carbocycles. The van der Waals surface area contributed by atoms with Crippen molar-refractivity contribution in [3.05, 3.63) is 54.1 Å². The number of ether oxygens (including phenoxy) is 2. The fourth-order valence-corrected chi connectivity index (χ4v) is 2.78. The van der Waals surface area contributed by atoms with E-state index in [9.17, 15) is 14.4 Å². The SMILES string of the molecule is CC(NC(=O)CC1Oc2ccccc2NC1=O)c1ccc(OCC(=O)O)cc1. The second-order valence-corrected chi connectivity index (χ2v) is 6.34. The molecule has 0 aromatic heterocycles. The summed E-state index contributed by atoms with van der Waals surface area (Å²) < 4.78 is 10.7. The Hall–Kier alpha value is -3.55. The first-order chi connectivity index (χ1) is 13.4. The number of carboxylic acid groups (broad SMARTS) is 1. The van der Waals surface area contributed by atoms with E-state index in [0.29, 0.717) is 17.2 Å². The number of rotatable bonds is 7. The molecule has 0 saturated carbocycles. The zero-order chi connectivity index (χ0) is 20.1. The van der Waals surface area contributed by atoms with Crippen LogP contribution in [0.5, 0.6) is 11.5 Å². The Labute approximate surface area is 161 Å². The summed E-state index contributed by atoms with van der Waals surface area (Å²) in [5.41, 5.74) is 1.40. The van der Waals surface area contributed by atoms with E-state index in [-0.39, 0.29) is 24.3 Å². The van der Waals surface area contributed by atoms with Crippen molar-refractivity contribution in [1.29, 1.82) is 0 Å². The van der Waals surface area contributed by atoms with E-state index in [1.165, 1.54) is 0 Å². The summed E-state index contributed by atoms with van der Waals surface area (Å²) in [5, 5.41) is 14.2. The molecule has 28 heavy (non-hydrogen) atoms. The zero-order valence-corrected chi connectivity index (χ0v) is 15.2. The van der Waals surface area contributed by atoms with Crippen LogP contribution in [0.4, 0.5) is 5.69 Å². The van der Waals surface area contributed by atoms with Gasteiger partial charge in [0.1, 0.15) is 11.5 Å². The number of carboxylic acids is 1. The molecular formula is C20H20N2O6. The Morgan fingerprint density at radius 2 is 1.93 bits per heavy atom. The van der Waals surface area contributed by atoms with E-state index < -0.39 is 18.7 Å². The van der Waals surface area contributed by atoms with Gasteiger partial charge in [0, 0.05) is 0 Å². The topological polar surface area (TPSA) is 114 Å². The highest BCUT2D eigenvalue weighted by molar-refractivity contribution is 5.99. The Morgan fingerprint density at radius 1 is 1.21 bits per heavy atom. The van der Waals surface area contributed by atoms with Gasteiger partial charge in [-0.15, -0.1) is 0 Å². The van der Waals surface area contributed by atoms with Crippen molar-refractivity contribution in [2.24, 2.45) is 0 Å². The number of carbonyl (C=O) groups is 3. The van der Waals surface area contributed by atoms with Crippen LogP contribution in [0.3, 0.4) is 0 Å². The molecule has 0 radical (unpaired) electrons. The lowest BCUT2D eigenvalue weighted by molar-refractivity contribution is -0.139. The van der Waals surface area contributed by atoms with Crippen LogP contribution in [-0.4, -0.2) is 35.6 Å². The van der Waals surface area contributed by atoms with Crippen molar-refractivity contribution in [3.8, 4) is 11.5 Å². The first kappa shape index (κ1) is 19.2. The molecule has 0 saturated heterocycles. The van der Waals surface area contributed by atoms with Crippen LogP contribution in [0.1, 0.15) is 24.9 Å². The highest BCUT2D eigenvalue weighted by atomic mass is 16.5. The number of carbonyl (C=O) groups excluding carboxylic acids is 2. The van der Waals surface area contributed by atoms with Crippen molar-refractivity contribution in [3.63, 3.8) is 0 Å². The minimum Gasteiger partial charge on any atom is -0.482 e. The van der Waals surface area contributed by atoms with Gasteiger partial charge in [-0.25, -0.2) is 4.79 Å². The quantitative estimate of drug-likeness (QED) is 0.674. The van der Waals surface area contributed by atoms with Gasteiger partial charge in [0.25, 0.3) is 5.91 Å². The molecule has 2 aromatic rings. The second kappa shape index (κ2) is 8.43. The van der Waals surface area contributed by atoms with Crippen LogP contribution in [-0.2, 0) is 14.4 Å². The molecule has 0 fully saturated rings. The number of para-hydroxylation sites is 2. The minimum absolute atomic E-state index is 0.107. The van der Waals surface area contributed by atoms with Crippen LogP contribution in [0.25, 0.3) is 0 Å². The van der Waals surface area contributed by atoms with E-state index in [2.05, 4.69) is 10.6 Å². The largest absolute Gasteiger partial charge is 0.482 e. The van der Waals surface area contributed by atoms with Crippen molar-refractivity contribution in [2.45, 2.75) is 25.5 Å². The van der Waals surface area contributed by atoms with E-state index >= 15 is 0 Å². The first-order valence-corrected chi connectivity index (χ1v) is 8.73. The van der Waals surface area contributed by atoms with Crippen molar-refractivity contribution >= 4 is 23.5 Å². The van der Waals surface area contributed by atoms with Gasteiger partial charge in [0.05, 0.1) is 18.2 Å². The maximum absolute atomic E-state index is 12.3. The lowest BCUT2D eigenvalue weighted by Gasteiger charge is -2.26. The normalized spacial score (nSPS) is 16.2. The maximum atomic E-state index is 12.3. The lowest BCUT2D eigenvalue weighted by Crippen LogP contribution is -2.41. The van der Waals surface area contributed by atoms with Gasteiger partial charge >= 0.3 is 5.97 Å². The van der Waals surface area contributed by atoms with Gasteiger partial charge in [-0.3, -0.25) is 9.59 Å². The summed E-state index contributed by atoms with van der Waals surface area (Å²) in [6.07, 6.45) is -1.00. The van der Waals surface area contributed by atoms with Crippen molar-refractivity contribution < 1.29 is 29.0 Å². The summed E-state index contributed by atoms with van der Waals surface area (Å²) in [5.74, 6) is -0.776. The molecular weight excluding hydrogens is 364 g/mol. The Balaban J connectivity index is 1.54. The first-order valence-electron chi connectivity index (χ1n) is 8.73. The highest BCUT2D eigenvalue weighted by Crippen LogP contribution is 2.29. The lowest BCUT2D eigenvalue weighted by atomic mass is 10.1. The standard InChI is InChI=1S/C20H20N2O6/c1-12(13-6-8-14(9-7-13)27-11-19(24)25)21-18(23)10-17-20(26)22-15-4-2-3-5-16(15)28-17/h2-9,12,17H,10-11H2,1H3,(H,21,23)(H,22,26)(H,24,25). The number of amides is 2. The molecule has 2 atom stereocenters. The fraction of sp³-hybridized carbons (Fsp3) is 0.250. The molecule has 146 valence electrons. The van der Waals surface area contributed by atoms with Gasteiger partial charge in [-0.1, -0.05) is 24.3 Å². The van der Waals surface area contributed by atoms with Gasteiger partial charge in [0.2, 0.25) is 5.91 Å². The molecule has 8 nitrogen and oxygen atoms in total. The summed E-state index contributed by atoms with van der Waals surface area (Å²) in [7, 11) is 0. The molecule has 0 bridgehead atoms. The monoisotopic (exact) mass is 384 g/mol. The Bertz CT molecular complexity index is 881. The number of nitrogens with one attached hydrogen (secondary N) is 2. The smallest absolute Gasteiger partial charge is 0.341 e. The number of aliphatic carboxylic acids is 1. The Kier molecular flexibility index (Phi) is 5.78. The molecule has 0 aliphatic carbocycles. The van der Waals surface area contributed by atoms with E-state index in [1.54, 1.807) is 48.5 Å².